The molecule has 5 heteroatoms. The van der Waals surface area contributed by atoms with Gasteiger partial charge in [-0.3, -0.25) is 0 Å². The second-order valence-corrected chi connectivity index (χ2v) is 18.5. The van der Waals surface area contributed by atoms with E-state index in [1.807, 2.05) is 36.4 Å². The molecule has 0 spiro atoms. The number of rotatable bonds is 7. The highest BCUT2D eigenvalue weighted by atomic mass is 19.1. The summed E-state index contributed by atoms with van der Waals surface area (Å²) >= 11 is 0. The Kier molecular flexibility index (Phi) is 10.2. The van der Waals surface area contributed by atoms with E-state index in [1.54, 1.807) is 0 Å². The van der Waals surface area contributed by atoms with E-state index in [-0.39, 0.29) is 0 Å². The Balaban J connectivity index is 1.25. The van der Waals surface area contributed by atoms with Gasteiger partial charge in [0.2, 0.25) is 0 Å². The largest absolute Gasteiger partial charge is 0.308 e. The Morgan fingerprint density at radius 3 is 0.900 bits per heavy atom. The summed E-state index contributed by atoms with van der Waals surface area (Å²) in [6.45, 7) is 8.47. The van der Waals surface area contributed by atoms with E-state index in [0.29, 0.717) is 28.1 Å². The van der Waals surface area contributed by atoms with Crippen LogP contribution in [0.4, 0.5) is 8.78 Å². The molecule has 0 atom stereocenters. The van der Waals surface area contributed by atoms with Crippen molar-refractivity contribution in [1.82, 2.24) is 9.13 Å². The number of aryl methyl sites for hydroxylation is 4. The fraction of sp³-hybridized carbons (Fsp3) is 0.0615. The average molecular weight is 906 g/mol. The number of hydrogen-bond acceptors (Lipinski definition) is 1. The van der Waals surface area contributed by atoms with E-state index in [0.717, 1.165) is 116 Å². The van der Waals surface area contributed by atoms with Crippen molar-refractivity contribution in [2.75, 3.05) is 0 Å². The molecule has 0 saturated heterocycles. The van der Waals surface area contributed by atoms with Gasteiger partial charge in [0.25, 0.3) is 0 Å². The Labute approximate surface area is 405 Å². The molecule has 0 saturated carbocycles. The summed E-state index contributed by atoms with van der Waals surface area (Å²) in [5.41, 5.74) is 19.2. The van der Waals surface area contributed by atoms with Crippen LogP contribution < -0.4 is 0 Å². The number of nitriles is 1. The van der Waals surface area contributed by atoms with E-state index in [9.17, 15) is 5.26 Å². The lowest BCUT2D eigenvalue weighted by atomic mass is 9.98. The first-order valence-electron chi connectivity index (χ1n) is 23.6. The molecule has 334 valence electrons. The number of hydrogen-bond donors (Lipinski definition) is 0. The van der Waals surface area contributed by atoms with Crippen molar-refractivity contribution in [2.45, 2.75) is 27.7 Å². The first-order chi connectivity index (χ1) is 34.1. The van der Waals surface area contributed by atoms with Crippen LogP contribution in [0.3, 0.4) is 0 Å². The van der Waals surface area contributed by atoms with Gasteiger partial charge in [0.1, 0.15) is 23.3 Å². The van der Waals surface area contributed by atoms with Gasteiger partial charge in [-0.25, -0.2) is 8.78 Å². The highest BCUT2D eigenvalue weighted by Crippen LogP contribution is 2.44. The third kappa shape index (κ3) is 6.99. The fourth-order valence-electron chi connectivity index (χ4n) is 10.8. The van der Waals surface area contributed by atoms with Gasteiger partial charge in [-0.2, -0.15) is 5.26 Å². The van der Waals surface area contributed by atoms with Crippen LogP contribution in [0, 0.1) is 50.7 Å². The van der Waals surface area contributed by atoms with Gasteiger partial charge in [0, 0.05) is 27.6 Å². The van der Waals surface area contributed by atoms with Gasteiger partial charge in [-0.15, -0.1) is 0 Å². The van der Waals surface area contributed by atoms with Gasteiger partial charge >= 0.3 is 0 Å². The lowest BCUT2D eigenvalue weighted by molar-refractivity contribution is 0.584. The number of benzene rings is 10. The van der Waals surface area contributed by atoms with E-state index in [1.165, 1.54) is 12.1 Å². The summed E-state index contributed by atoms with van der Waals surface area (Å²) in [4.78, 5) is 0. The van der Waals surface area contributed by atoms with Crippen molar-refractivity contribution in [3.8, 4) is 73.1 Å². The maximum absolute atomic E-state index is 15.5. The maximum Gasteiger partial charge on any atom is 0.126 e. The normalized spacial score (nSPS) is 11.6. The first-order valence-corrected chi connectivity index (χ1v) is 23.6. The van der Waals surface area contributed by atoms with Crippen LogP contribution in [-0.4, -0.2) is 9.13 Å². The molecule has 0 unspecified atom stereocenters. The zero-order valence-corrected chi connectivity index (χ0v) is 39.2. The molecular weight excluding hydrogens is 861 g/mol. The zero-order valence-electron chi connectivity index (χ0n) is 39.2. The monoisotopic (exact) mass is 905 g/mol. The standard InChI is InChI=1S/C65H45F2N3/c1-39-13-5-9-17-51(39)43-21-25-55-56-26-22-44(52-18-10-6-14-40(52)2)32-61(56)69(60(55)31-43)64-35-48(47-29-49(66)37-50(67)30-47)36-65(59(64)38-68)70-62-33-45(53-19-11-7-15-41(53)3)23-27-57(62)58-28-24-46(34-63(58)70)54-20-12-8-16-42(54)4/h5-37H,1-4H3. The molecule has 0 fully saturated rings. The van der Waals surface area contributed by atoms with Crippen LogP contribution >= 0.6 is 0 Å². The highest BCUT2D eigenvalue weighted by molar-refractivity contribution is 6.13. The minimum atomic E-state index is -0.687. The van der Waals surface area contributed by atoms with Crippen LogP contribution in [0.5, 0.6) is 0 Å². The molecule has 0 radical (unpaired) electrons. The molecule has 10 aromatic carbocycles. The summed E-state index contributed by atoms with van der Waals surface area (Å²) in [7, 11) is 0. The summed E-state index contributed by atoms with van der Waals surface area (Å²) in [5, 5.41) is 16.0. The summed E-state index contributed by atoms with van der Waals surface area (Å²) in [6.07, 6.45) is 0. The molecule has 2 heterocycles. The van der Waals surface area contributed by atoms with E-state index in [4.69, 9.17) is 0 Å². The van der Waals surface area contributed by atoms with Gasteiger partial charge in [0.15, 0.2) is 0 Å². The van der Waals surface area contributed by atoms with E-state index < -0.39 is 11.6 Å². The lowest BCUT2D eigenvalue weighted by Gasteiger charge is -2.19. The van der Waals surface area contributed by atoms with Crippen LogP contribution in [0.15, 0.2) is 200 Å². The van der Waals surface area contributed by atoms with Crippen LogP contribution in [0.2, 0.25) is 0 Å². The van der Waals surface area contributed by atoms with Gasteiger partial charge in [-0.1, -0.05) is 146 Å². The molecular formula is C65H45F2N3. The van der Waals surface area contributed by atoms with Crippen molar-refractivity contribution in [3.63, 3.8) is 0 Å². The quantitative estimate of drug-likeness (QED) is 0.157. The summed E-state index contributed by atoms with van der Waals surface area (Å²) < 4.78 is 35.4. The average Bonchev–Trinajstić information content (AvgIpc) is 3.87. The van der Waals surface area contributed by atoms with Gasteiger partial charge < -0.3 is 9.13 Å². The van der Waals surface area contributed by atoms with Crippen LogP contribution in [-0.2, 0) is 0 Å². The topological polar surface area (TPSA) is 33.6 Å². The number of halogens is 2. The highest BCUT2D eigenvalue weighted by Gasteiger charge is 2.25. The molecule has 12 aromatic rings. The summed E-state index contributed by atoms with van der Waals surface area (Å²) in [5.74, 6) is -1.37. The molecule has 2 aromatic heterocycles. The van der Waals surface area contributed by atoms with Gasteiger partial charge in [-0.05, 0) is 154 Å². The predicted molar refractivity (Wildman–Crippen MR) is 286 cm³/mol. The Morgan fingerprint density at radius 1 is 0.329 bits per heavy atom. The molecule has 3 nitrogen and oxygen atoms in total. The first kappa shape index (κ1) is 42.5. The van der Waals surface area contributed by atoms with Crippen LogP contribution in [0.1, 0.15) is 27.8 Å². The number of nitrogens with zero attached hydrogens (tertiary/aromatic N) is 3. The third-order valence-electron chi connectivity index (χ3n) is 14.2. The molecule has 0 aliphatic rings. The smallest absolute Gasteiger partial charge is 0.126 e. The zero-order chi connectivity index (χ0) is 47.8. The van der Waals surface area contributed by atoms with E-state index in [2.05, 4.69) is 188 Å². The molecule has 0 amide bonds. The molecule has 12 rings (SSSR count). The van der Waals surface area contributed by atoms with Crippen molar-refractivity contribution in [1.29, 1.82) is 5.26 Å². The predicted octanol–water partition coefficient (Wildman–Crippen LogP) is 17.6. The van der Waals surface area contributed by atoms with Crippen molar-refractivity contribution < 1.29 is 8.78 Å². The Morgan fingerprint density at radius 2 is 0.614 bits per heavy atom. The number of fused-ring (bicyclic) bond motifs is 6. The lowest BCUT2D eigenvalue weighted by Crippen LogP contribution is -2.06. The molecule has 0 bridgehead atoms. The number of aromatic nitrogens is 2. The minimum Gasteiger partial charge on any atom is -0.308 e. The third-order valence-corrected chi connectivity index (χ3v) is 14.2. The molecule has 70 heavy (non-hydrogen) atoms. The SMILES string of the molecule is Cc1ccccc1-c1ccc2c3ccc(-c4ccccc4C)cc3n(-c3cc(-c4cc(F)cc(F)c4)cc(-n4c5cc(-c6ccccc6C)ccc5c5ccc(-c6ccccc6C)cc54)c3C#N)c2c1. The molecule has 0 aliphatic heterocycles. The molecule has 0 N–H and O–H groups in total. The molecule has 0 aliphatic carbocycles. The minimum absolute atomic E-state index is 0.355. The van der Waals surface area contributed by atoms with Crippen molar-refractivity contribution in [3.05, 3.63) is 240 Å². The van der Waals surface area contributed by atoms with Gasteiger partial charge in [0.05, 0.1) is 33.4 Å². The van der Waals surface area contributed by atoms with Crippen molar-refractivity contribution in [2.24, 2.45) is 0 Å². The Bertz CT molecular complexity index is 3700. The second kappa shape index (κ2) is 16.7. The maximum atomic E-state index is 15.5. The second-order valence-electron chi connectivity index (χ2n) is 18.5. The van der Waals surface area contributed by atoms with Crippen LogP contribution in [0.25, 0.3) is 111 Å². The Hall–Kier alpha value is -8.85. The van der Waals surface area contributed by atoms with Crippen molar-refractivity contribution >= 4 is 43.6 Å². The fourth-order valence-corrected chi connectivity index (χ4v) is 10.8. The van der Waals surface area contributed by atoms with E-state index >= 15 is 8.78 Å². The summed E-state index contributed by atoms with van der Waals surface area (Å²) in [6, 6.07) is 69.9.